The molecule has 0 aliphatic rings. The molecule has 0 heterocycles. The largest absolute Gasteiger partial charge is 0.309 e. The normalized spacial score (nSPS) is 11.8. The molecule has 0 amide bonds. The quantitative estimate of drug-likeness (QED) is 0.774. The SMILES string of the molecule is CC#CCC(NCCC)c1cc(F)cc(F)c1. The molecule has 1 unspecified atom stereocenters. The molecule has 1 atom stereocenters. The van der Waals surface area contributed by atoms with Crippen LogP contribution in [0.25, 0.3) is 0 Å². The summed E-state index contributed by atoms with van der Waals surface area (Å²) in [7, 11) is 0. The van der Waals surface area contributed by atoms with Gasteiger partial charge in [-0.3, -0.25) is 0 Å². The first-order valence-corrected chi connectivity index (χ1v) is 5.76. The number of halogens is 2. The van der Waals surface area contributed by atoms with Crippen LogP contribution in [0.5, 0.6) is 0 Å². The molecule has 0 radical (unpaired) electrons. The van der Waals surface area contributed by atoms with Gasteiger partial charge in [0.1, 0.15) is 11.6 Å². The standard InChI is InChI=1S/C14H17F2N/c1-3-5-6-14(17-7-4-2)11-8-12(15)10-13(16)9-11/h8-10,14,17H,4,6-7H2,1-2H3. The first kappa shape index (κ1) is 13.7. The van der Waals surface area contributed by atoms with Crippen molar-refractivity contribution in [2.45, 2.75) is 32.7 Å². The molecule has 3 heteroatoms. The Balaban J connectivity index is 2.88. The molecule has 0 aromatic heterocycles. The van der Waals surface area contributed by atoms with E-state index in [1.54, 1.807) is 6.92 Å². The van der Waals surface area contributed by atoms with Gasteiger partial charge in [-0.25, -0.2) is 8.78 Å². The van der Waals surface area contributed by atoms with Crippen LogP contribution >= 0.6 is 0 Å². The molecular weight excluding hydrogens is 220 g/mol. The van der Waals surface area contributed by atoms with Crippen molar-refractivity contribution < 1.29 is 8.78 Å². The minimum atomic E-state index is -0.548. The smallest absolute Gasteiger partial charge is 0.126 e. The third-order valence-electron chi connectivity index (χ3n) is 2.41. The van der Waals surface area contributed by atoms with E-state index in [0.29, 0.717) is 12.0 Å². The average Bonchev–Trinajstić information content (AvgIpc) is 2.28. The summed E-state index contributed by atoms with van der Waals surface area (Å²) in [6.07, 6.45) is 1.52. The zero-order chi connectivity index (χ0) is 12.7. The Labute approximate surface area is 101 Å². The highest BCUT2D eigenvalue weighted by atomic mass is 19.1. The van der Waals surface area contributed by atoms with Crippen molar-refractivity contribution in [3.05, 3.63) is 35.4 Å². The monoisotopic (exact) mass is 237 g/mol. The van der Waals surface area contributed by atoms with Gasteiger partial charge in [0.15, 0.2) is 0 Å². The fraction of sp³-hybridized carbons (Fsp3) is 0.429. The maximum Gasteiger partial charge on any atom is 0.126 e. The van der Waals surface area contributed by atoms with E-state index < -0.39 is 11.6 Å². The summed E-state index contributed by atoms with van der Waals surface area (Å²) >= 11 is 0. The van der Waals surface area contributed by atoms with Crippen LogP contribution in [-0.4, -0.2) is 6.54 Å². The molecule has 1 rings (SSSR count). The van der Waals surface area contributed by atoms with Gasteiger partial charge >= 0.3 is 0 Å². The van der Waals surface area contributed by atoms with Crippen molar-refractivity contribution in [1.82, 2.24) is 5.32 Å². The average molecular weight is 237 g/mol. The maximum atomic E-state index is 13.1. The lowest BCUT2D eigenvalue weighted by atomic mass is 10.0. The summed E-state index contributed by atoms with van der Waals surface area (Å²) in [5, 5.41) is 3.24. The van der Waals surface area contributed by atoms with E-state index >= 15 is 0 Å². The van der Waals surface area contributed by atoms with Crippen LogP contribution in [0.4, 0.5) is 8.78 Å². The van der Waals surface area contributed by atoms with Crippen LogP contribution in [0.1, 0.15) is 38.3 Å². The van der Waals surface area contributed by atoms with Crippen LogP contribution in [0.15, 0.2) is 18.2 Å². The van der Waals surface area contributed by atoms with Gasteiger partial charge in [-0.2, -0.15) is 0 Å². The van der Waals surface area contributed by atoms with Crippen molar-refractivity contribution >= 4 is 0 Å². The Hall–Kier alpha value is -1.40. The lowest BCUT2D eigenvalue weighted by molar-refractivity contribution is 0.525. The predicted octanol–water partition coefficient (Wildman–Crippen LogP) is 3.42. The number of nitrogens with one attached hydrogen (secondary N) is 1. The lowest BCUT2D eigenvalue weighted by Crippen LogP contribution is -2.22. The van der Waals surface area contributed by atoms with E-state index in [-0.39, 0.29) is 6.04 Å². The molecule has 1 nitrogen and oxygen atoms in total. The van der Waals surface area contributed by atoms with Crippen molar-refractivity contribution in [3.63, 3.8) is 0 Å². The second kappa shape index (κ2) is 7.03. The molecule has 0 saturated heterocycles. The number of rotatable bonds is 5. The molecule has 1 N–H and O–H groups in total. The second-order valence-electron chi connectivity index (χ2n) is 3.84. The Kier molecular flexibility index (Phi) is 5.65. The molecule has 17 heavy (non-hydrogen) atoms. The molecule has 0 bridgehead atoms. The van der Waals surface area contributed by atoms with Gasteiger partial charge in [0, 0.05) is 18.5 Å². The summed E-state index contributed by atoms with van der Waals surface area (Å²) in [6, 6.07) is 3.47. The van der Waals surface area contributed by atoms with Gasteiger partial charge in [-0.15, -0.1) is 11.8 Å². The van der Waals surface area contributed by atoms with Gasteiger partial charge in [-0.1, -0.05) is 6.92 Å². The number of benzene rings is 1. The zero-order valence-electron chi connectivity index (χ0n) is 10.2. The summed E-state index contributed by atoms with van der Waals surface area (Å²) < 4.78 is 26.3. The van der Waals surface area contributed by atoms with E-state index in [1.807, 2.05) is 6.92 Å². The van der Waals surface area contributed by atoms with Crippen molar-refractivity contribution in [1.29, 1.82) is 0 Å². The summed E-state index contributed by atoms with van der Waals surface area (Å²) in [5.74, 6) is 4.64. The van der Waals surface area contributed by atoms with E-state index in [4.69, 9.17) is 0 Å². The minimum absolute atomic E-state index is 0.118. The topological polar surface area (TPSA) is 12.0 Å². The zero-order valence-corrected chi connectivity index (χ0v) is 10.2. The molecule has 1 aromatic carbocycles. The van der Waals surface area contributed by atoms with E-state index in [1.165, 1.54) is 12.1 Å². The third-order valence-corrected chi connectivity index (χ3v) is 2.41. The fourth-order valence-electron chi connectivity index (χ4n) is 1.61. The van der Waals surface area contributed by atoms with E-state index in [2.05, 4.69) is 17.2 Å². The Morgan fingerprint density at radius 2 is 1.88 bits per heavy atom. The fourth-order valence-corrected chi connectivity index (χ4v) is 1.61. The highest BCUT2D eigenvalue weighted by molar-refractivity contribution is 5.23. The predicted molar refractivity (Wildman–Crippen MR) is 65.5 cm³/mol. The lowest BCUT2D eigenvalue weighted by Gasteiger charge is -2.16. The van der Waals surface area contributed by atoms with Crippen LogP contribution in [0.2, 0.25) is 0 Å². The van der Waals surface area contributed by atoms with Crippen molar-refractivity contribution in [3.8, 4) is 11.8 Å². The summed E-state index contributed by atoms with van der Waals surface area (Å²) in [6.45, 7) is 4.60. The third kappa shape index (κ3) is 4.54. The molecule has 92 valence electrons. The molecule has 0 fully saturated rings. The number of hydrogen-bond donors (Lipinski definition) is 1. The summed E-state index contributed by atoms with van der Waals surface area (Å²) in [5.41, 5.74) is 0.610. The molecule has 0 spiro atoms. The van der Waals surface area contributed by atoms with Gasteiger partial charge in [0.05, 0.1) is 0 Å². The second-order valence-corrected chi connectivity index (χ2v) is 3.84. The van der Waals surface area contributed by atoms with Gasteiger partial charge in [-0.05, 0) is 37.6 Å². The van der Waals surface area contributed by atoms with Gasteiger partial charge in [0.2, 0.25) is 0 Å². The molecule has 0 aliphatic carbocycles. The first-order chi connectivity index (χ1) is 8.17. The van der Waals surface area contributed by atoms with Crippen LogP contribution in [0, 0.1) is 23.5 Å². The summed E-state index contributed by atoms with van der Waals surface area (Å²) in [4.78, 5) is 0. The van der Waals surface area contributed by atoms with Crippen LogP contribution in [0.3, 0.4) is 0 Å². The first-order valence-electron chi connectivity index (χ1n) is 5.76. The van der Waals surface area contributed by atoms with E-state index in [0.717, 1.165) is 19.0 Å². The van der Waals surface area contributed by atoms with E-state index in [9.17, 15) is 8.78 Å². The Morgan fingerprint density at radius 3 is 2.41 bits per heavy atom. The highest BCUT2D eigenvalue weighted by Gasteiger charge is 2.11. The Morgan fingerprint density at radius 1 is 1.24 bits per heavy atom. The molecular formula is C14H17F2N. The molecule has 1 aromatic rings. The van der Waals surface area contributed by atoms with Gasteiger partial charge in [0.25, 0.3) is 0 Å². The maximum absolute atomic E-state index is 13.1. The Bertz CT molecular complexity index is 398. The van der Waals surface area contributed by atoms with Crippen molar-refractivity contribution in [2.24, 2.45) is 0 Å². The molecule has 0 aliphatic heterocycles. The van der Waals surface area contributed by atoms with Crippen molar-refractivity contribution in [2.75, 3.05) is 6.54 Å². The number of hydrogen-bond acceptors (Lipinski definition) is 1. The molecule has 0 saturated carbocycles. The van der Waals surface area contributed by atoms with Crippen LogP contribution < -0.4 is 5.32 Å². The van der Waals surface area contributed by atoms with Gasteiger partial charge < -0.3 is 5.32 Å². The highest BCUT2D eigenvalue weighted by Crippen LogP contribution is 2.19. The minimum Gasteiger partial charge on any atom is -0.309 e. The van der Waals surface area contributed by atoms with Crippen LogP contribution in [-0.2, 0) is 0 Å².